The first-order valence-electron chi connectivity index (χ1n) is 11.5. The average molecular weight is 534 g/mol. The molecule has 0 spiro atoms. The zero-order valence-electron chi connectivity index (χ0n) is 20.8. The number of amides is 5. The van der Waals surface area contributed by atoms with Gasteiger partial charge in [0.15, 0.2) is 6.61 Å². The zero-order valence-corrected chi connectivity index (χ0v) is 21.6. The summed E-state index contributed by atoms with van der Waals surface area (Å²) in [5.74, 6) is -1.48. The molecule has 38 heavy (non-hydrogen) atoms. The number of methoxy groups -OCH3 is 1. The maximum Gasteiger partial charge on any atom is 0.335 e. The van der Waals surface area contributed by atoms with Crippen molar-refractivity contribution < 1.29 is 28.7 Å². The van der Waals surface area contributed by atoms with Crippen LogP contribution in [0.5, 0.6) is 11.5 Å². The molecule has 0 aromatic heterocycles. The number of nitrogens with zero attached hydrogens (tertiary/aromatic N) is 1. The molecule has 0 aliphatic carbocycles. The molecule has 1 heterocycles. The highest BCUT2D eigenvalue weighted by Crippen LogP contribution is 2.30. The van der Waals surface area contributed by atoms with Crippen molar-refractivity contribution in [3.63, 3.8) is 0 Å². The van der Waals surface area contributed by atoms with Gasteiger partial charge in [0.25, 0.3) is 17.7 Å². The molecule has 9 nitrogen and oxygen atoms in total. The van der Waals surface area contributed by atoms with Crippen LogP contribution >= 0.6 is 11.6 Å². The number of imide groups is 2. The van der Waals surface area contributed by atoms with Crippen LogP contribution in [-0.2, 0) is 14.4 Å². The van der Waals surface area contributed by atoms with Crippen LogP contribution in [0.3, 0.4) is 0 Å². The van der Waals surface area contributed by atoms with Crippen molar-refractivity contribution in [1.29, 1.82) is 0 Å². The highest BCUT2D eigenvalue weighted by atomic mass is 35.5. The van der Waals surface area contributed by atoms with E-state index in [2.05, 4.69) is 10.6 Å². The number of anilines is 2. The van der Waals surface area contributed by atoms with E-state index in [-0.39, 0.29) is 23.6 Å². The Bertz CT molecular complexity index is 1480. The van der Waals surface area contributed by atoms with Gasteiger partial charge in [0.05, 0.1) is 12.8 Å². The number of nitrogens with one attached hydrogen (secondary N) is 2. The molecule has 1 fully saturated rings. The number of barbiturate groups is 1. The second kappa shape index (κ2) is 11.2. The minimum atomic E-state index is -0.893. The largest absolute Gasteiger partial charge is 0.497 e. The van der Waals surface area contributed by atoms with E-state index in [0.29, 0.717) is 22.0 Å². The minimum Gasteiger partial charge on any atom is -0.497 e. The Morgan fingerprint density at radius 2 is 1.84 bits per heavy atom. The molecular weight excluding hydrogens is 510 g/mol. The fourth-order valence-corrected chi connectivity index (χ4v) is 3.89. The van der Waals surface area contributed by atoms with Crippen LogP contribution in [0, 0.1) is 13.8 Å². The van der Waals surface area contributed by atoms with Gasteiger partial charge in [-0.3, -0.25) is 19.7 Å². The summed E-state index contributed by atoms with van der Waals surface area (Å²) >= 11 is 6.18. The van der Waals surface area contributed by atoms with Gasteiger partial charge >= 0.3 is 6.03 Å². The highest BCUT2D eigenvalue weighted by Gasteiger charge is 2.37. The second-order valence-electron chi connectivity index (χ2n) is 8.50. The first kappa shape index (κ1) is 26.4. The summed E-state index contributed by atoms with van der Waals surface area (Å²) in [6.07, 6.45) is 1.29. The van der Waals surface area contributed by atoms with Crippen molar-refractivity contribution in [1.82, 2.24) is 5.32 Å². The normalized spacial score (nSPS) is 14.4. The van der Waals surface area contributed by atoms with Crippen molar-refractivity contribution in [2.45, 2.75) is 13.8 Å². The quantitative estimate of drug-likeness (QED) is 0.337. The van der Waals surface area contributed by atoms with Crippen molar-refractivity contribution >= 4 is 52.8 Å². The summed E-state index contributed by atoms with van der Waals surface area (Å²) in [6.45, 7) is 3.35. The van der Waals surface area contributed by atoms with E-state index in [0.717, 1.165) is 16.0 Å². The number of hydrogen-bond donors (Lipinski definition) is 2. The molecule has 3 aromatic rings. The molecule has 1 aliphatic heterocycles. The summed E-state index contributed by atoms with van der Waals surface area (Å²) in [5.41, 5.74) is 2.60. The molecule has 4 rings (SSSR count). The molecule has 0 saturated carbocycles. The van der Waals surface area contributed by atoms with Crippen molar-refractivity contribution in [3.8, 4) is 11.5 Å². The molecule has 2 N–H and O–H groups in total. The third kappa shape index (κ3) is 5.84. The van der Waals surface area contributed by atoms with Crippen LogP contribution in [0.2, 0.25) is 5.02 Å². The van der Waals surface area contributed by atoms with Crippen LogP contribution in [0.15, 0.2) is 66.2 Å². The number of rotatable bonds is 7. The lowest BCUT2D eigenvalue weighted by Crippen LogP contribution is -2.54. The summed E-state index contributed by atoms with van der Waals surface area (Å²) < 4.78 is 11.0. The summed E-state index contributed by atoms with van der Waals surface area (Å²) in [5, 5.41) is 5.28. The van der Waals surface area contributed by atoms with Crippen LogP contribution in [0.4, 0.5) is 16.2 Å². The minimum absolute atomic E-state index is 0.193. The standard InChI is InChI=1S/C28H24ClN3O6/c1-16-5-4-6-19(11-16)30-25(33)15-38-24-14-21(37-3)10-8-18(24)12-22-26(34)31-28(36)32(27(22)35)20-9-7-17(2)23(29)13-20/h4-14H,15H2,1-3H3,(H,30,33)(H,31,34,36)/b22-12+. The van der Waals surface area contributed by atoms with Crippen LogP contribution < -0.4 is 25.0 Å². The number of ether oxygens (including phenoxy) is 2. The molecule has 194 valence electrons. The Balaban J connectivity index is 1.61. The lowest BCUT2D eigenvalue weighted by atomic mass is 10.1. The van der Waals surface area contributed by atoms with Crippen LogP contribution in [-0.4, -0.2) is 37.5 Å². The van der Waals surface area contributed by atoms with Gasteiger partial charge in [-0.05, 0) is 67.4 Å². The van der Waals surface area contributed by atoms with E-state index in [1.54, 1.807) is 37.3 Å². The van der Waals surface area contributed by atoms with Crippen molar-refractivity contribution in [2.24, 2.45) is 0 Å². The average Bonchev–Trinajstić information content (AvgIpc) is 2.87. The van der Waals surface area contributed by atoms with E-state index >= 15 is 0 Å². The topological polar surface area (TPSA) is 114 Å². The van der Waals surface area contributed by atoms with E-state index in [1.165, 1.54) is 25.3 Å². The number of carbonyl (C=O) groups is 4. The molecule has 0 radical (unpaired) electrons. The molecule has 3 aromatic carbocycles. The van der Waals surface area contributed by atoms with Gasteiger partial charge in [0.1, 0.15) is 17.1 Å². The van der Waals surface area contributed by atoms with E-state index < -0.39 is 23.8 Å². The predicted octanol–water partition coefficient (Wildman–Crippen LogP) is 4.65. The predicted molar refractivity (Wildman–Crippen MR) is 143 cm³/mol. The Morgan fingerprint density at radius 3 is 2.55 bits per heavy atom. The Hall–Kier alpha value is -4.63. The van der Waals surface area contributed by atoms with E-state index in [1.807, 2.05) is 25.1 Å². The second-order valence-corrected chi connectivity index (χ2v) is 8.91. The van der Waals surface area contributed by atoms with Crippen LogP contribution in [0.1, 0.15) is 16.7 Å². The maximum absolute atomic E-state index is 13.3. The maximum atomic E-state index is 13.3. The van der Waals surface area contributed by atoms with Gasteiger partial charge in [0.2, 0.25) is 0 Å². The van der Waals surface area contributed by atoms with Crippen molar-refractivity contribution in [2.75, 3.05) is 23.9 Å². The lowest BCUT2D eigenvalue weighted by molar-refractivity contribution is -0.122. The third-order valence-electron chi connectivity index (χ3n) is 5.70. The van der Waals surface area contributed by atoms with Crippen molar-refractivity contribution in [3.05, 3.63) is 87.9 Å². The van der Waals surface area contributed by atoms with Crippen LogP contribution in [0.25, 0.3) is 6.08 Å². The molecule has 0 atom stereocenters. The van der Waals surface area contributed by atoms with Gasteiger partial charge in [-0.2, -0.15) is 0 Å². The van der Waals surface area contributed by atoms with Gasteiger partial charge in [-0.15, -0.1) is 0 Å². The van der Waals surface area contributed by atoms with Gasteiger partial charge in [0, 0.05) is 22.3 Å². The SMILES string of the molecule is COc1ccc(/C=C2\C(=O)NC(=O)N(c3ccc(C)c(Cl)c3)C2=O)c(OCC(=O)Nc2cccc(C)c2)c1. The zero-order chi connectivity index (χ0) is 27.4. The number of halogens is 1. The summed E-state index contributed by atoms with van der Waals surface area (Å²) in [6, 6.07) is 15.8. The molecule has 0 unspecified atom stereocenters. The van der Waals surface area contributed by atoms with Gasteiger partial charge in [-0.1, -0.05) is 29.8 Å². The van der Waals surface area contributed by atoms with Gasteiger partial charge in [-0.25, -0.2) is 9.69 Å². The number of aryl methyl sites for hydroxylation is 2. The molecule has 1 saturated heterocycles. The number of carbonyl (C=O) groups excluding carboxylic acids is 4. The Kier molecular flexibility index (Phi) is 7.78. The summed E-state index contributed by atoms with van der Waals surface area (Å²) in [7, 11) is 1.47. The smallest absolute Gasteiger partial charge is 0.335 e. The molecule has 5 amide bonds. The monoisotopic (exact) mass is 533 g/mol. The fourth-order valence-electron chi connectivity index (χ4n) is 3.72. The Labute approximate surface area is 224 Å². The highest BCUT2D eigenvalue weighted by molar-refractivity contribution is 6.39. The van der Waals surface area contributed by atoms with E-state index in [9.17, 15) is 19.2 Å². The van der Waals surface area contributed by atoms with E-state index in [4.69, 9.17) is 21.1 Å². The number of hydrogen-bond acceptors (Lipinski definition) is 6. The first-order chi connectivity index (χ1) is 18.2. The molecule has 10 heteroatoms. The molecular formula is C28H24ClN3O6. The van der Waals surface area contributed by atoms with Gasteiger partial charge < -0.3 is 14.8 Å². The first-order valence-corrected chi connectivity index (χ1v) is 11.9. The number of urea groups is 1. The third-order valence-corrected chi connectivity index (χ3v) is 6.10. The lowest BCUT2D eigenvalue weighted by Gasteiger charge is -2.26. The number of benzene rings is 3. The summed E-state index contributed by atoms with van der Waals surface area (Å²) in [4.78, 5) is 51.8. The Morgan fingerprint density at radius 1 is 1.05 bits per heavy atom. The molecule has 0 bridgehead atoms. The molecule has 1 aliphatic rings. The fraction of sp³-hybridized carbons (Fsp3) is 0.143.